The van der Waals surface area contributed by atoms with Gasteiger partial charge in [0.05, 0.1) is 24.9 Å². The Bertz CT molecular complexity index is 790. The molecule has 0 aliphatic carbocycles. The lowest BCUT2D eigenvalue weighted by Gasteiger charge is -2.19. The molecule has 1 unspecified atom stereocenters. The Kier molecular flexibility index (Phi) is 4.71. The van der Waals surface area contributed by atoms with Gasteiger partial charge in [-0.3, -0.25) is 0 Å². The zero-order valence-electron chi connectivity index (χ0n) is 12.5. The molecule has 0 spiro atoms. The maximum atomic E-state index is 9.72. The smallest absolute Gasteiger partial charge is 0.254 e. The van der Waals surface area contributed by atoms with Crippen LogP contribution in [-0.4, -0.2) is 38.4 Å². The molecule has 7 nitrogen and oxygen atoms in total. The maximum absolute atomic E-state index is 9.72. The largest absolute Gasteiger partial charge is 0.394 e. The Labute approximate surface area is 137 Å². The Morgan fingerprint density at radius 1 is 1.35 bits per heavy atom. The Balaban J connectivity index is 1.94. The van der Waals surface area contributed by atoms with Crippen molar-refractivity contribution in [1.82, 2.24) is 19.6 Å². The normalized spacial score (nSPS) is 12.5. The number of nitrogens with one attached hydrogen (secondary N) is 1. The number of nitrogens with zero attached hydrogens (tertiary/aromatic N) is 4. The van der Waals surface area contributed by atoms with Crippen molar-refractivity contribution < 1.29 is 9.84 Å². The zero-order chi connectivity index (χ0) is 16.2. The summed E-state index contributed by atoms with van der Waals surface area (Å²) in [7, 11) is 1.60. The van der Waals surface area contributed by atoms with Crippen LogP contribution in [0.1, 0.15) is 17.3 Å². The first-order valence-electron chi connectivity index (χ1n) is 7.02. The number of anilines is 1. The van der Waals surface area contributed by atoms with Crippen LogP contribution in [0, 0.1) is 0 Å². The van der Waals surface area contributed by atoms with Gasteiger partial charge in [-0.2, -0.15) is 14.6 Å². The topological polar surface area (TPSA) is 84.6 Å². The van der Waals surface area contributed by atoms with E-state index in [4.69, 9.17) is 16.3 Å². The molecule has 0 radical (unpaired) electrons. The van der Waals surface area contributed by atoms with Crippen LogP contribution in [0.25, 0.3) is 5.78 Å². The number of aliphatic hydroxyl groups is 1. The van der Waals surface area contributed by atoms with Crippen molar-refractivity contribution in [1.29, 1.82) is 0 Å². The maximum Gasteiger partial charge on any atom is 0.254 e. The molecule has 3 rings (SSSR count). The number of aromatic nitrogens is 4. The average molecular weight is 334 g/mol. The molecule has 0 aliphatic rings. The Hall–Kier alpha value is -2.22. The van der Waals surface area contributed by atoms with E-state index >= 15 is 0 Å². The zero-order valence-corrected chi connectivity index (χ0v) is 13.2. The van der Waals surface area contributed by atoms with Crippen LogP contribution in [0.4, 0.5) is 5.82 Å². The summed E-state index contributed by atoms with van der Waals surface area (Å²) in [6.45, 7) is 0.280. The fourth-order valence-electron chi connectivity index (χ4n) is 2.29. The van der Waals surface area contributed by atoms with Gasteiger partial charge < -0.3 is 15.2 Å². The van der Waals surface area contributed by atoms with Gasteiger partial charge in [-0.1, -0.05) is 23.7 Å². The molecule has 2 heterocycles. The van der Waals surface area contributed by atoms with Crippen molar-refractivity contribution in [2.75, 3.05) is 19.0 Å². The average Bonchev–Trinajstić information content (AvgIpc) is 3.02. The number of hydrogen-bond donors (Lipinski definition) is 2. The third-order valence-corrected chi connectivity index (χ3v) is 3.63. The van der Waals surface area contributed by atoms with Crippen molar-refractivity contribution in [2.45, 2.75) is 12.6 Å². The van der Waals surface area contributed by atoms with E-state index in [1.165, 1.54) is 6.33 Å². The Morgan fingerprint density at radius 2 is 2.13 bits per heavy atom. The predicted octanol–water partition coefficient (Wildman–Crippen LogP) is 2.07. The summed E-state index contributed by atoms with van der Waals surface area (Å²) in [4.78, 5) is 8.45. The molecule has 0 saturated heterocycles. The molecule has 2 N–H and O–H groups in total. The number of fused-ring (bicyclic) bond motifs is 1. The third-order valence-electron chi connectivity index (χ3n) is 3.37. The highest BCUT2D eigenvalue weighted by atomic mass is 35.5. The summed E-state index contributed by atoms with van der Waals surface area (Å²) in [5.41, 5.74) is 1.64. The fraction of sp³-hybridized carbons (Fsp3) is 0.267. The first-order valence-corrected chi connectivity index (χ1v) is 7.40. The van der Waals surface area contributed by atoms with Gasteiger partial charge >= 0.3 is 0 Å². The summed E-state index contributed by atoms with van der Waals surface area (Å²) in [6.07, 6.45) is 1.43. The van der Waals surface area contributed by atoms with E-state index in [9.17, 15) is 5.11 Å². The predicted molar refractivity (Wildman–Crippen MR) is 86.4 cm³/mol. The van der Waals surface area contributed by atoms with Gasteiger partial charge in [-0.15, -0.1) is 0 Å². The van der Waals surface area contributed by atoms with Crippen molar-refractivity contribution in [3.8, 4) is 0 Å². The number of ether oxygens (including phenoxy) is 1. The molecular weight excluding hydrogens is 318 g/mol. The lowest BCUT2D eigenvalue weighted by Crippen LogP contribution is -2.17. The summed E-state index contributed by atoms with van der Waals surface area (Å²) in [6, 6.07) is 8.82. The van der Waals surface area contributed by atoms with E-state index < -0.39 is 0 Å². The minimum atomic E-state index is -0.308. The number of aliphatic hydroxyl groups excluding tert-OH is 1. The molecule has 0 saturated carbocycles. The standard InChI is InChI=1S/C15H16ClN5O2/c1-23-8-12-6-14(21-15(19-12)17-9-18-21)20-13(7-22)10-2-4-11(16)5-3-10/h2-6,9,13,20,22H,7-8H2,1H3. The van der Waals surface area contributed by atoms with E-state index in [2.05, 4.69) is 20.4 Å². The van der Waals surface area contributed by atoms with E-state index in [1.54, 1.807) is 23.8 Å². The van der Waals surface area contributed by atoms with Gasteiger partial charge in [-0.05, 0) is 17.7 Å². The first kappa shape index (κ1) is 15.7. The SMILES string of the molecule is COCc1cc(NC(CO)c2ccc(Cl)cc2)n2ncnc2n1. The van der Waals surface area contributed by atoms with Crippen LogP contribution in [0.5, 0.6) is 0 Å². The Morgan fingerprint density at radius 3 is 2.83 bits per heavy atom. The van der Waals surface area contributed by atoms with Gasteiger partial charge in [0, 0.05) is 18.2 Å². The molecule has 3 aromatic rings. The number of rotatable bonds is 6. The second kappa shape index (κ2) is 6.91. The van der Waals surface area contributed by atoms with Crippen LogP contribution >= 0.6 is 11.6 Å². The first-order chi connectivity index (χ1) is 11.2. The van der Waals surface area contributed by atoms with Gasteiger partial charge in [0.2, 0.25) is 0 Å². The van der Waals surface area contributed by atoms with Crippen LogP contribution in [0.3, 0.4) is 0 Å². The summed E-state index contributed by atoms with van der Waals surface area (Å²) in [5, 5.41) is 17.8. The molecule has 1 atom stereocenters. The highest BCUT2D eigenvalue weighted by molar-refractivity contribution is 6.30. The molecule has 0 amide bonds. The molecule has 0 bridgehead atoms. The minimum Gasteiger partial charge on any atom is -0.394 e. The number of halogens is 1. The van der Waals surface area contributed by atoms with Crippen LogP contribution in [0.15, 0.2) is 36.7 Å². The molecule has 0 aliphatic heterocycles. The van der Waals surface area contributed by atoms with E-state index in [0.717, 1.165) is 11.3 Å². The molecule has 2 aromatic heterocycles. The lowest BCUT2D eigenvalue weighted by molar-refractivity contribution is 0.181. The number of benzene rings is 1. The van der Waals surface area contributed by atoms with Gasteiger partial charge in [-0.25, -0.2) is 4.98 Å². The molecule has 23 heavy (non-hydrogen) atoms. The third kappa shape index (κ3) is 3.42. The molecule has 0 fully saturated rings. The van der Waals surface area contributed by atoms with Gasteiger partial charge in [0.1, 0.15) is 12.1 Å². The second-order valence-electron chi connectivity index (χ2n) is 4.97. The monoisotopic (exact) mass is 333 g/mol. The van der Waals surface area contributed by atoms with Gasteiger partial charge in [0.15, 0.2) is 0 Å². The number of methoxy groups -OCH3 is 1. The molecule has 8 heteroatoms. The summed E-state index contributed by atoms with van der Waals surface area (Å²) >= 11 is 5.91. The molecule has 120 valence electrons. The number of hydrogen-bond acceptors (Lipinski definition) is 6. The van der Waals surface area contributed by atoms with Crippen molar-refractivity contribution in [3.05, 3.63) is 52.9 Å². The summed E-state index contributed by atoms with van der Waals surface area (Å²) in [5.74, 6) is 1.14. The summed E-state index contributed by atoms with van der Waals surface area (Å²) < 4.78 is 6.71. The quantitative estimate of drug-likeness (QED) is 0.718. The molecular formula is C15H16ClN5O2. The second-order valence-corrected chi connectivity index (χ2v) is 5.41. The van der Waals surface area contributed by atoms with E-state index in [-0.39, 0.29) is 12.6 Å². The van der Waals surface area contributed by atoms with E-state index in [1.807, 2.05) is 18.2 Å². The van der Waals surface area contributed by atoms with Crippen LogP contribution in [-0.2, 0) is 11.3 Å². The van der Waals surface area contributed by atoms with Crippen LogP contribution in [0.2, 0.25) is 5.02 Å². The highest BCUT2D eigenvalue weighted by Crippen LogP contribution is 2.22. The van der Waals surface area contributed by atoms with E-state index in [0.29, 0.717) is 23.2 Å². The molecule has 1 aromatic carbocycles. The highest BCUT2D eigenvalue weighted by Gasteiger charge is 2.14. The fourth-order valence-corrected chi connectivity index (χ4v) is 2.42. The van der Waals surface area contributed by atoms with Gasteiger partial charge in [0.25, 0.3) is 5.78 Å². The van der Waals surface area contributed by atoms with Crippen LogP contribution < -0.4 is 5.32 Å². The minimum absolute atomic E-state index is 0.0836. The lowest BCUT2D eigenvalue weighted by atomic mass is 10.1. The van der Waals surface area contributed by atoms with Crippen molar-refractivity contribution in [3.63, 3.8) is 0 Å². The van der Waals surface area contributed by atoms with Crippen molar-refractivity contribution in [2.24, 2.45) is 0 Å². The van der Waals surface area contributed by atoms with Crippen molar-refractivity contribution >= 4 is 23.2 Å².